The summed E-state index contributed by atoms with van der Waals surface area (Å²) in [7, 11) is 0. The highest BCUT2D eigenvalue weighted by atomic mass is 16.3. The summed E-state index contributed by atoms with van der Waals surface area (Å²) in [4.78, 5) is 0. The van der Waals surface area contributed by atoms with Crippen LogP contribution in [0.4, 0.5) is 0 Å². The molecule has 2 heteroatoms. The van der Waals surface area contributed by atoms with E-state index in [1.54, 1.807) is 0 Å². The van der Waals surface area contributed by atoms with Crippen molar-refractivity contribution in [3.05, 3.63) is 70.8 Å². The fraction of sp³-hybridized carbons (Fsp3) is 0.400. The average molecular weight is 298 g/mol. The number of benzene rings is 2. The largest absolute Gasteiger partial charge is 0.386 e. The molecule has 0 amide bonds. The third-order valence-corrected chi connectivity index (χ3v) is 4.02. The van der Waals surface area contributed by atoms with Gasteiger partial charge in [0.05, 0.1) is 11.2 Å². The molecule has 0 aliphatic rings. The van der Waals surface area contributed by atoms with Gasteiger partial charge in [0.1, 0.15) is 0 Å². The van der Waals surface area contributed by atoms with E-state index in [4.69, 9.17) is 0 Å². The summed E-state index contributed by atoms with van der Waals surface area (Å²) in [6.45, 7) is 7.26. The second-order valence-corrected chi connectivity index (χ2v) is 6.93. The fourth-order valence-electron chi connectivity index (χ4n) is 2.94. The monoisotopic (exact) mass is 298 g/mol. The van der Waals surface area contributed by atoms with E-state index in [1.165, 1.54) is 0 Å². The molecule has 2 aromatic rings. The Morgan fingerprint density at radius 3 is 1.27 bits per heavy atom. The van der Waals surface area contributed by atoms with E-state index in [2.05, 4.69) is 12.1 Å². The number of rotatable bonds is 5. The van der Waals surface area contributed by atoms with Crippen LogP contribution < -0.4 is 0 Å². The maximum Gasteiger partial charge on any atom is 0.0843 e. The van der Waals surface area contributed by atoms with Crippen LogP contribution in [0.15, 0.2) is 48.5 Å². The van der Waals surface area contributed by atoms with Gasteiger partial charge in [0.15, 0.2) is 0 Å². The minimum absolute atomic E-state index is 0.841. The topological polar surface area (TPSA) is 40.5 Å². The van der Waals surface area contributed by atoms with Gasteiger partial charge in [-0.3, -0.25) is 0 Å². The Hall–Kier alpha value is -1.64. The van der Waals surface area contributed by atoms with Gasteiger partial charge in [0.2, 0.25) is 0 Å². The maximum atomic E-state index is 10.3. The van der Waals surface area contributed by atoms with Crippen LogP contribution in [-0.2, 0) is 24.0 Å². The smallest absolute Gasteiger partial charge is 0.0843 e. The highest BCUT2D eigenvalue weighted by Gasteiger charge is 2.21. The molecule has 2 N–H and O–H groups in total. The van der Waals surface area contributed by atoms with Gasteiger partial charge < -0.3 is 10.2 Å². The van der Waals surface area contributed by atoms with Crippen molar-refractivity contribution in [3.63, 3.8) is 0 Å². The van der Waals surface area contributed by atoms with Crippen molar-refractivity contribution in [2.24, 2.45) is 0 Å². The maximum absolute atomic E-state index is 10.3. The van der Waals surface area contributed by atoms with Crippen LogP contribution in [0.1, 0.15) is 49.9 Å². The molecule has 0 aliphatic heterocycles. The highest BCUT2D eigenvalue weighted by molar-refractivity contribution is 5.35. The number of aryl methyl sites for hydroxylation is 2. The van der Waals surface area contributed by atoms with Crippen LogP contribution in [-0.4, -0.2) is 10.2 Å². The highest BCUT2D eigenvalue weighted by Crippen LogP contribution is 2.27. The Bertz CT molecular complexity index is 573. The first-order valence-electron chi connectivity index (χ1n) is 7.81. The van der Waals surface area contributed by atoms with E-state index in [9.17, 15) is 10.2 Å². The molecule has 22 heavy (non-hydrogen) atoms. The molecular formula is C20H26O2. The molecule has 2 aromatic carbocycles. The van der Waals surface area contributed by atoms with Gasteiger partial charge in [-0.2, -0.15) is 0 Å². The van der Waals surface area contributed by atoms with Crippen molar-refractivity contribution in [1.29, 1.82) is 0 Å². The van der Waals surface area contributed by atoms with Crippen LogP contribution in [0.3, 0.4) is 0 Å². The van der Waals surface area contributed by atoms with Crippen LogP contribution in [0.2, 0.25) is 0 Å². The Balaban J connectivity index is 2.26. The lowest BCUT2D eigenvalue weighted by Gasteiger charge is -2.24. The SMILES string of the molecule is CC(C)(O)c1ccccc1CCc1ccccc1C(C)(C)O. The number of aliphatic hydroxyl groups is 2. The van der Waals surface area contributed by atoms with Crippen molar-refractivity contribution in [1.82, 2.24) is 0 Å². The first kappa shape index (κ1) is 16.7. The summed E-state index contributed by atoms with van der Waals surface area (Å²) < 4.78 is 0. The van der Waals surface area contributed by atoms with E-state index in [0.29, 0.717) is 0 Å². The Labute approximate surface area is 133 Å². The molecular weight excluding hydrogens is 272 g/mol. The molecule has 0 radical (unpaired) electrons. The fourth-order valence-corrected chi connectivity index (χ4v) is 2.94. The summed E-state index contributed by atoms with van der Waals surface area (Å²) in [6.07, 6.45) is 1.68. The molecule has 0 heterocycles. The van der Waals surface area contributed by atoms with Crippen molar-refractivity contribution >= 4 is 0 Å². The normalized spacial score (nSPS) is 12.5. The lowest BCUT2D eigenvalue weighted by molar-refractivity contribution is 0.0764. The number of hydrogen-bond donors (Lipinski definition) is 2. The molecule has 0 aromatic heterocycles. The van der Waals surface area contributed by atoms with Crippen molar-refractivity contribution in [3.8, 4) is 0 Å². The second-order valence-electron chi connectivity index (χ2n) is 6.93. The zero-order valence-corrected chi connectivity index (χ0v) is 13.9. The van der Waals surface area contributed by atoms with Gasteiger partial charge in [-0.05, 0) is 62.8 Å². The van der Waals surface area contributed by atoms with E-state index >= 15 is 0 Å². The summed E-state index contributed by atoms with van der Waals surface area (Å²) in [5, 5.41) is 20.6. The van der Waals surface area contributed by atoms with Crippen molar-refractivity contribution in [2.75, 3.05) is 0 Å². The molecule has 0 saturated carbocycles. The minimum Gasteiger partial charge on any atom is -0.386 e. The average Bonchev–Trinajstić information content (AvgIpc) is 2.44. The van der Waals surface area contributed by atoms with Crippen LogP contribution >= 0.6 is 0 Å². The standard InChI is InChI=1S/C20H26O2/c1-19(2,21)17-11-7-5-9-15(17)13-14-16-10-6-8-12-18(16)20(3,4)22/h5-12,21-22H,13-14H2,1-4H3. The summed E-state index contributed by atoms with van der Waals surface area (Å²) >= 11 is 0. The minimum atomic E-state index is -0.841. The van der Waals surface area contributed by atoms with Gasteiger partial charge in [0.25, 0.3) is 0 Å². The van der Waals surface area contributed by atoms with Crippen LogP contribution in [0.5, 0.6) is 0 Å². The molecule has 0 bridgehead atoms. The Morgan fingerprint density at radius 2 is 0.955 bits per heavy atom. The van der Waals surface area contributed by atoms with Gasteiger partial charge in [0, 0.05) is 0 Å². The van der Waals surface area contributed by atoms with E-state index in [0.717, 1.165) is 35.1 Å². The number of hydrogen-bond acceptors (Lipinski definition) is 2. The van der Waals surface area contributed by atoms with Gasteiger partial charge in [-0.1, -0.05) is 48.5 Å². The van der Waals surface area contributed by atoms with E-state index < -0.39 is 11.2 Å². The molecule has 0 saturated heterocycles. The zero-order valence-electron chi connectivity index (χ0n) is 13.9. The van der Waals surface area contributed by atoms with Crippen LogP contribution in [0, 0.1) is 0 Å². The third kappa shape index (κ3) is 3.96. The molecule has 0 spiro atoms. The first-order valence-corrected chi connectivity index (χ1v) is 7.81. The summed E-state index contributed by atoms with van der Waals surface area (Å²) in [6, 6.07) is 16.0. The van der Waals surface area contributed by atoms with Gasteiger partial charge in [-0.15, -0.1) is 0 Å². The predicted octanol–water partition coefficient (Wildman–Crippen LogP) is 3.93. The molecule has 0 fully saturated rings. The van der Waals surface area contributed by atoms with Gasteiger partial charge in [-0.25, -0.2) is 0 Å². The van der Waals surface area contributed by atoms with Crippen LogP contribution in [0.25, 0.3) is 0 Å². The molecule has 2 nitrogen and oxygen atoms in total. The molecule has 0 aliphatic carbocycles. The molecule has 0 atom stereocenters. The second kappa shape index (κ2) is 6.23. The lowest BCUT2D eigenvalue weighted by Crippen LogP contribution is -2.20. The van der Waals surface area contributed by atoms with Crippen molar-refractivity contribution < 1.29 is 10.2 Å². The predicted molar refractivity (Wildman–Crippen MR) is 90.8 cm³/mol. The van der Waals surface area contributed by atoms with Gasteiger partial charge >= 0.3 is 0 Å². The summed E-state index contributed by atoms with van der Waals surface area (Å²) in [5.41, 5.74) is 2.56. The lowest BCUT2D eigenvalue weighted by atomic mass is 9.87. The molecule has 118 valence electrons. The Kier molecular flexibility index (Phi) is 4.74. The quantitative estimate of drug-likeness (QED) is 0.878. The van der Waals surface area contributed by atoms with E-state index in [1.807, 2.05) is 64.1 Å². The first-order chi connectivity index (χ1) is 10.2. The summed E-state index contributed by atoms with van der Waals surface area (Å²) in [5.74, 6) is 0. The molecule has 2 rings (SSSR count). The third-order valence-electron chi connectivity index (χ3n) is 4.02. The Morgan fingerprint density at radius 1 is 0.636 bits per heavy atom. The van der Waals surface area contributed by atoms with E-state index in [-0.39, 0.29) is 0 Å². The zero-order chi connectivity index (χ0) is 16.4. The molecule has 0 unspecified atom stereocenters. The van der Waals surface area contributed by atoms with Crippen molar-refractivity contribution in [2.45, 2.75) is 51.7 Å².